The number of hydrogen-bond acceptors (Lipinski definition) is 4. The lowest BCUT2D eigenvalue weighted by Gasteiger charge is -2.30. The molecule has 4 atom stereocenters. The number of amides is 3. The van der Waals surface area contributed by atoms with Gasteiger partial charge in [-0.05, 0) is 37.0 Å². The summed E-state index contributed by atoms with van der Waals surface area (Å²) in [6, 6.07) is 4.98. The summed E-state index contributed by atoms with van der Waals surface area (Å²) in [6.07, 6.45) is 2.37. The van der Waals surface area contributed by atoms with E-state index in [1.165, 1.54) is 4.90 Å². The largest absolute Gasteiger partial charge is 0.324 e. The van der Waals surface area contributed by atoms with Gasteiger partial charge in [-0.15, -0.1) is 0 Å². The zero-order valence-electron chi connectivity index (χ0n) is 16.4. The van der Waals surface area contributed by atoms with Crippen LogP contribution < -0.4 is 10.6 Å². The maximum Gasteiger partial charge on any atom is 0.250 e. The Kier molecular flexibility index (Phi) is 4.74. The Hall–Kier alpha value is -1.92. The number of rotatable bonds is 5. The Morgan fingerprint density at radius 2 is 1.96 bits per heavy atom. The van der Waals surface area contributed by atoms with E-state index >= 15 is 0 Å². The zero-order chi connectivity index (χ0) is 20.2. The molecule has 3 aliphatic rings. The first-order valence-corrected chi connectivity index (χ1v) is 10.4. The van der Waals surface area contributed by atoms with Crippen molar-refractivity contribution < 1.29 is 14.4 Å². The maximum absolute atomic E-state index is 13.4. The number of anilines is 1. The molecule has 0 aliphatic carbocycles. The van der Waals surface area contributed by atoms with Crippen LogP contribution in [0, 0.1) is 17.8 Å². The third kappa shape index (κ3) is 2.61. The molecule has 0 radical (unpaired) electrons. The molecule has 28 heavy (non-hydrogen) atoms. The molecule has 3 aliphatic heterocycles. The maximum atomic E-state index is 13.4. The van der Waals surface area contributed by atoms with Crippen LogP contribution in [0.2, 0.25) is 5.02 Å². The highest BCUT2D eigenvalue weighted by molar-refractivity contribution is 6.31. The van der Waals surface area contributed by atoms with Crippen molar-refractivity contribution in [2.24, 2.45) is 17.8 Å². The van der Waals surface area contributed by atoms with Gasteiger partial charge >= 0.3 is 0 Å². The van der Waals surface area contributed by atoms with Crippen LogP contribution in [0.3, 0.4) is 0 Å². The van der Waals surface area contributed by atoms with Crippen molar-refractivity contribution in [1.29, 1.82) is 0 Å². The highest BCUT2D eigenvalue weighted by Gasteiger charge is 2.70. The van der Waals surface area contributed by atoms with E-state index < -0.39 is 17.4 Å². The minimum Gasteiger partial charge on any atom is -0.324 e. The summed E-state index contributed by atoms with van der Waals surface area (Å²) >= 11 is 6.23. The van der Waals surface area contributed by atoms with Gasteiger partial charge in [0.05, 0.1) is 11.8 Å². The second-order valence-electron chi connectivity index (χ2n) is 8.52. The molecular weight excluding hydrogens is 378 g/mol. The molecule has 0 unspecified atom stereocenters. The standard InChI is InChI=1S/C21H26ClN3O3/c1-4-5-8-25-18(26)16-15(9-11(2)3)24-21(17(16)19(25)27)13-10-12(22)6-7-14(13)23-20(21)28/h6-7,10-11,15-17,24H,4-5,8-9H2,1-3H3,(H,23,28)/t15-,16+,17-,21+/m0/s1. The minimum atomic E-state index is -1.24. The third-order valence-corrected chi connectivity index (χ3v) is 6.46. The predicted molar refractivity (Wildman–Crippen MR) is 107 cm³/mol. The highest BCUT2D eigenvalue weighted by Crippen LogP contribution is 2.54. The molecule has 2 N–H and O–H groups in total. The Bertz CT molecular complexity index is 855. The quantitative estimate of drug-likeness (QED) is 0.741. The fourth-order valence-corrected chi connectivity index (χ4v) is 5.25. The average molecular weight is 404 g/mol. The fraction of sp³-hybridized carbons (Fsp3) is 0.571. The summed E-state index contributed by atoms with van der Waals surface area (Å²) in [5.41, 5.74) is 0.0842. The van der Waals surface area contributed by atoms with Crippen molar-refractivity contribution in [2.75, 3.05) is 11.9 Å². The van der Waals surface area contributed by atoms with Crippen molar-refractivity contribution in [3.63, 3.8) is 0 Å². The summed E-state index contributed by atoms with van der Waals surface area (Å²) in [4.78, 5) is 41.2. The summed E-state index contributed by atoms with van der Waals surface area (Å²) in [5, 5.41) is 6.83. The smallest absolute Gasteiger partial charge is 0.250 e. The first-order valence-electron chi connectivity index (χ1n) is 10.1. The molecule has 3 amide bonds. The molecule has 0 saturated carbocycles. The molecular formula is C21H26ClN3O3. The molecule has 150 valence electrons. The van der Waals surface area contributed by atoms with Crippen LogP contribution in [-0.2, 0) is 19.9 Å². The number of nitrogens with one attached hydrogen (secondary N) is 2. The topological polar surface area (TPSA) is 78.5 Å². The first-order chi connectivity index (χ1) is 13.3. The minimum absolute atomic E-state index is 0.151. The van der Waals surface area contributed by atoms with Crippen LogP contribution >= 0.6 is 11.6 Å². The fourth-order valence-electron chi connectivity index (χ4n) is 5.08. The average Bonchev–Trinajstić information content (AvgIpc) is 3.19. The van der Waals surface area contributed by atoms with Gasteiger partial charge in [-0.2, -0.15) is 0 Å². The number of hydrogen-bond donors (Lipinski definition) is 2. The molecule has 0 bridgehead atoms. The van der Waals surface area contributed by atoms with E-state index in [1.807, 2.05) is 6.92 Å². The summed E-state index contributed by atoms with van der Waals surface area (Å²) in [6.45, 7) is 6.60. The van der Waals surface area contributed by atoms with Crippen LogP contribution in [0.25, 0.3) is 0 Å². The van der Waals surface area contributed by atoms with Gasteiger partial charge in [-0.3, -0.25) is 24.6 Å². The monoisotopic (exact) mass is 403 g/mol. The molecule has 2 fully saturated rings. The van der Waals surface area contributed by atoms with E-state index in [2.05, 4.69) is 24.5 Å². The molecule has 6 nitrogen and oxygen atoms in total. The summed E-state index contributed by atoms with van der Waals surface area (Å²) in [7, 11) is 0. The van der Waals surface area contributed by atoms with E-state index in [9.17, 15) is 14.4 Å². The lowest BCUT2D eigenvalue weighted by Crippen LogP contribution is -2.53. The SMILES string of the molecule is CCCCN1C(=O)[C@@H]2[C@H](CC(C)C)N[C@@]3(C(=O)Nc4ccc(Cl)cc43)[C@@H]2C1=O. The van der Waals surface area contributed by atoms with Crippen molar-refractivity contribution in [3.05, 3.63) is 28.8 Å². The number of carbonyl (C=O) groups is 3. The van der Waals surface area contributed by atoms with Gasteiger partial charge in [0.1, 0.15) is 5.54 Å². The molecule has 0 aromatic heterocycles. The van der Waals surface area contributed by atoms with Crippen LogP contribution in [0.15, 0.2) is 18.2 Å². The van der Waals surface area contributed by atoms with E-state index in [0.717, 1.165) is 12.8 Å². The van der Waals surface area contributed by atoms with Crippen LogP contribution in [0.4, 0.5) is 5.69 Å². The van der Waals surface area contributed by atoms with E-state index in [-0.39, 0.29) is 23.8 Å². The second kappa shape index (κ2) is 6.85. The Morgan fingerprint density at radius 3 is 2.64 bits per heavy atom. The van der Waals surface area contributed by atoms with Gasteiger partial charge < -0.3 is 5.32 Å². The Morgan fingerprint density at radius 1 is 1.21 bits per heavy atom. The van der Waals surface area contributed by atoms with Crippen molar-refractivity contribution in [2.45, 2.75) is 51.6 Å². The van der Waals surface area contributed by atoms with E-state index in [1.54, 1.807) is 18.2 Å². The number of halogens is 1. The molecule has 2 saturated heterocycles. The van der Waals surface area contributed by atoms with Crippen LogP contribution in [-0.4, -0.2) is 35.2 Å². The van der Waals surface area contributed by atoms with Crippen molar-refractivity contribution in [3.8, 4) is 0 Å². The number of carbonyl (C=O) groups excluding carboxylic acids is 3. The van der Waals surface area contributed by atoms with Crippen LogP contribution in [0.5, 0.6) is 0 Å². The lowest BCUT2D eigenvalue weighted by atomic mass is 9.76. The number of fused-ring (bicyclic) bond motifs is 4. The van der Waals surface area contributed by atoms with E-state index in [4.69, 9.17) is 11.6 Å². The van der Waals surface area contributed by atoms with Crippen molar-refractivity contribution >= 4 is 35.0 Å². The van der Waals surface area contributed by atoms with E-state index in [0.29, 0.717) is 35.2 Å². The number of unbranched alkanes of at least 4 members (excludes halogenated alkanes) is 1. The molecule has 1 aromatic rings. The molecule has 7 heteroatoms. The van der Waals surface area contributed by atoms with Gasteiger partial charge in [0.2, 0.25) is 17.7 Å². The molecule has 4 rings (SSSR count). The molecule has 3 heterocycles. The Balaban J connectivity index is 1.84. The number of likely N-dealkylation sites (tertiary alicyclic amines) is 1. The molecule has 1 spiro atoms. The summed E-state index contributed by atoms with van der Waals surface area (Å²) in [5.74, 6) is -1.61. The van der Waals surface area contributed by atoms with Crippen LogP contribution in [0.1, 0.15) is 45.6 Å². The normalized spacial score (nSPS) is 31.1. The first kappa shape index (κ1) is 19.4. The lowest BCUT2D eigenvalue weighted by molar-refractivity contribution is -0.142. The third-order valence-electron chi connectivity index (χ3n) is 6.23. The van der Waals surface area contributed by atoms with Gasteiger partial charge in [0, 0.05) is 28.9 Å². The van der Waals surface area contributed by atoms with Gasteiger partial charge in [0.25, 0.3) is 0 Å². The number of nitrogens with zero attached hydrogens (tertiary/aromatic N) is 1. The number of imide groups is 1. The number of benzene rings is 1. The van der Waals surface area contributed by atoms with Crippen molar-refractivity contribution in [1.82, 2.24) is 10.2 Å². The van der Waals surface area contributed by atoms with Gasteiger partial charge in [-0.1, -0.05) is 38.8 Å². The zero-order valence-corrected chi connectivity index (χ0v) is 17.2. The Labute approximate surface area is 170 Å². The molecule has 1 aromatic carbocycles. The van der Waals surface area contributed by atoms with Gasteiger partial charge in [0.15, 0.2) is 0 Å². The highest BCUT2D eigenvalue weighted by atomic mass is 35.5. The predicted octanol–water partition coefficient (Wildman–Crippen LogP) is 2.91. The second-order valence-corrected chi connectivity index (χ2v) is 8.95. The summed E-state index contributed by atoms with van der Waals surface area (Å²) < 4.78 is 0. The van der Waals surface area contributed by atoms with Gasteiger partial charge in [-0.25, -0.2) is 0 Å².